The Balaban J connectivity index is 1.64. The van der Waals surface area contributed by atoms with Crippen LogP contribution < -0.4 is 5.32 Å². The van der Waals surface area contributed by atoms with Crippen LogP contribution in [0.5, 0.6) is 0 Å². The van der Waals surface area contributed by atoms with Gasteiger partial charge in [-0.15, -0.1) is 0 Å². The highest BCUT2D eigenvalue weighted by Crippen LogP contribution is 2.22. The van der Waals surface area contributed by atoms with Gasteiger partial charge >= 0.3 is 0 Å². The largest absolute Gasteiger partial charge is 0.392 e. The molecule has 0 radical (unpaired) electrons. The summed E-state index contributed by atoms with van der Waals surface area (Å²) >= 11 is 0. The summed E-state index contributed by atoms with van der Waals surface area (Å²) < 4.78 is 0. The van der Waals surface area contributed by atoms with Gasteiger partial charge in [0, 0.05) is 18.3 Å². The van der Waals surface area contributed by atoms with E-state index in [1.54, 1.807) is 0 Å². The number of aliphatic hydroxyl groups is 1. The lowest BCUT2D eigenvalue weighted by Crippen LogP contribution is -2.29. The van der Waals surface area contributed by atoms with Crippen molar-refractivity contribution in [3.8, 4) is 0 Å². The SMILES string of the molecule is CC(Nc1cccc(CN2CCCCC2)c1)c1cccc(CO)c1. The zero-order chi connectivity index (χ0) is 16.8. The molecule has 1 unspecified atom stereocenters. The highest BCUT2D eigenvalue weighted by Gasteiger charge is 2.11. The van der Waals surface area contributed by atoms with Gasteiger partial charge in [0.2, 0.25) is 0 Å². The second-order valence-electron chi connectivity index (χ2n) is 6.81. The van der Waals surface area contributed by atoms with E-state index in [2.05, 4.69) is 53.5 Å². The first-order chi connectivity index (χ1) is 11.7. The number of rotatable bonds is 6. The molecule has 3 heteroatoms. The standard InChI is InChI=1S/C21H28N2O/c1-17(20-9-5-8-19(13-20)16-24)22-21-10-6-7-18(14-21)15-23-11-3-2-4-12-23/h5-10,13-14,17,22,24H,2-4,11-12,15-16H2,1H3. The van der Waals surface area contributed by atoms with Crippen LogP contribution in [0.25, 0.3) is 0 Å². The first-order valence-electron chi connectivity index (χ1n) is 9.02. The lowest BCUT2D eigenvalue weighted by Gasteiger charge is -2.26. The molecule has 1 heterocycles. The van der Waals surface area contributed by atoms with E-state index in [9.17, 15) is 5.11 Å². The number of anilines is 1. The van der Waals surface area contributed by atoms with Gasteiger partial charge in [-0.1, -0.05) is 42.8 Å². The van der Waals surface area contributed by atoms with Crippen LogP contribution >= 0.6 is 0 Å². The van der Waals surface area contributed by atoms with Gasteiger partial charge in [-0.2, -0.15) is 0 Å². The first-order valence-corrected chi connectivity index (χ1v) is 9.02. The van der Waals surface area contributed by atoms with Gasteiger partial charge in [-0.3, -0.25) is 4.90 Å². The summed E-state index contributed by atoms with van der Waals surface area (Å²) in [4.78, 5) is 2.55. The summed E-state index contributed by atoms with van der Waals surface area (Å²) in [5.41, 5.74) is 4.69. The van der Waals surface area contributed by atoms with Crippen LogP contribution in [-0.2, 0) is 13.2 Å². The van der Waals surface area contributed by atoms with Crippen LogP contribution in [0, 0.1) is 0 Å². The minimum atomic E-state index is 0.0892. The van der Waals surface area contributed by atoms with Crippen molar-refractivity contribution in [1.82, 2.24) is 4.90 Å². The van der Waals surface area contributed by atoms with Crippen LogP contribution in [0.4, 0.5) is 5.69 Å². The van der Waals surface area contributed by atoms with Crippen LogP contribution in [0.3, 0.4) is 0 Å². The lowest BCUT2D eigenvalue weighted by atomic mass is 10.0. The summed E-state index contributed by atoms with van der Waals surface area (Å²) in [6.45, 7) is 5.74. The Morgan fingerprint density at radius 3 is 2.54 bits per heavy atom. The third-order valence-electron chi connectivity index (χ3n) is 4.80. The molecule has 0 bridgehead atoms. The van der Waals surface area contributed by atoms with E-state index in [0.29, 0.717) is 0 Å². The van der Waals surface area contributed by atoms with Crippen LogP contribution in [0.2, 0.25) is 0 Å². The average molecular weight is 324 g/mol. The summed E-state index contributed by atoms with van der Waals surface area (Å²) in [7, 11) is 0. The van der Waals surface area contributed by atoms with Crippen LogP contribution in [0.15, 0.2) is 48.5 Å². The number of likely N-dealkylation sites (tertiary alicyclic amines) is 1. The second kappa shape index (κ2) is 8.32. The number of hydrogen-bond acceptors (Lipinski definition) is 3. The van der Waals surface area contributed by atoms with Crippen molar-refractivity contribution in [2.75, 3.05) is 18.4 Å². The fourth-order valence-corrected chi connectivity index (χ4v) is 3.43. The van der Waals surface area contributed by atoms with E-state index < -0.39 is 0 Å². The van der Waals surface area contributed by atoms with Crippen LogP contribution in [0.1, 0.15) is 48.9 Å². The topological polar surface area (TPSA) is 35.5 Å². The molecule has 0 aliphatic carbocycles. The number of benzene rings is 2. The van der Waals surface area contributed by atoms with E-state index in [1.807, 2.05) is 12.1 Å². The van der Waals surface area contributed by atoms with E-state index >= 15 is 0 Å². The van der Waals surface area contributed by atoms with E-state index in [-0.39, 0.29) is 12.6 Å². The summed E-state index contributed by atoms with van der Waals surface area (Å²) in [5.74, 6) is 0. The molecular weight excluding hydrogens is 296 g/mol. The van der Waals surface area contributed by atoms with Crippen LogP contribution in [-0.4, -0.2) is 23.1 Å². The molecule has 1 fully saturated rings. The molecule has 0 aromatic heterocycles. The van der Waals surface area contributed by atoms with Crippen molar-refractivity contribution in [2.45, 2.75) is 45.4 Å². The number of aliphatic hydroxyl groups excluding tert-OH is 1. The molecule has 3 nitrogen and oxygen atoms in total. The van der Waals surface area contributed by atoms with E-state index in [0.717, 1.165) is 17.8 Å². The zero-order valence-electron chi connectivity index (χ0n) is 14.5. The van der Waals surface area contributed by atoms with Gasteiger partial charge in [0.1, 0.15) is 0 Å². The maximum atomic E-state index is 9.30. The normalized spacial score (nSPS) is 16.8. The number of nitrogens with zero attached hydrogens (tertiary/aromatic N) is 1. The second-order valence-corrected chi connectivity index (χ2v) is 6.81. The van der Waals surface area contributed by atoms with Crippen molar-refractivity contribution < 1.29 is 5.11 Å². The summed E-state index contributed by atoms with van der Waals surface area (Å²) in [5, 5.41) is 12.9. The first kappa shape index (κ1) is 17.0. The van der Waals surface area contributed by atoms with Gasteiger partial charge in [-0.05, 0) is 61.7 Å². The minimum absolute atomic E-state index is 0.0892. The highest BCUT2D eigenvalue weighted by molar-refractivity contribution is 5.48. The maximum absolute atomic E-state index is 9.30. The maximum Gasteiger partial charge on any atom is 0.0681 e. The summed E-state index contributed by atoms with van der Waals surface area (Å²) in [6.07, 6.45) is 4.04. The van der Waals surface area contributed by atoms with Crippen molar-refractivity contribution in [3.63, 3.8) is 0 Å². The molecule has 1 saturated heterocycles. The predicted molar refractivity (Wildman–Crippen MR) is 100.0 cm³/mol. The van der Waals surface area contributed by atoms with E-state index in [1.165, 1.54) is 43.5 Å². The monoisotopic (exact) mass is 324 g/mol. The van der Waals surface area contributed by atoms with Crippen molar-refractivity contribution in [1.29, 1.82) is 0 Å². The molecule has 128 valence electrons. The molecular formula is C21H28N2O. The fourth-order valence-electron chi connectivity index (χ4n) is 3.43. The molecule has 0 amide bonds. The summed E-state index contributed by atoms with van der Waals surface area (Å²) in [6, 6.07) is 17.1. The van der Waals surface area contributed by atoms with E-state index in [4.69, 9.17) is 0 Å². The Bertz CT molecular complexity index is 650. The average Bonchev–Trinajstić information content (AvgIpc) is 2.63. The number of nitrogens with one attached hydrogen (secondary N) is 1. The fraction of sp³-hybridized carbons (Fsp3) is 0.429. The molecule has 2 aromatic carbocycles. The van der Waals surface area contributed by atoms with Gasteiger partial charge in [-0.25, -0.2) is 0 Å². The molecule has 1 aliphatic rings. The third-order valence-corrected chi connectivity index (χ3v) is 4.80. The number of hydrogen-bond donors (Lipinski definition) is 2. The lowest BCUT2D eigenvalue weighted by molar-refractivity contribution is 0.221. The van der Waals surface area contributed by atoms with Crippen molar-refractivity contribution >= 4 is 5.69 Å². The quantitative estimate of drug-likeness (QED) is 0.830. The molecule has 2 N–H and O–H groups in total. The molecule has 1 atom stereocenters. The Labute approximate surface area is 145 Å². The van der Waals surface area contributed by atoms with Crippen molar-refractivity contribution in [2.24, 2.45) is 0 Å². The Kier molecular flexibility index (Phi) is 5.89. The highest BCUT2D eigenvalue weighted by atomic mass is 16.3. The minimum Gasteiger partial charge on any atom is -0.392 e. The van der Waals surface area contributed by atoms with Gasteiger partial charge in [0.05, 0.1) is 6.61 Å². The predicted octanol–water partition coefficient (Wildman–Crippen LogP) is 4.34. The molecule has 3 rings (SSSR count). The number of piperidine rings is 1. The Morgan fingerprint density at radius 1 is 1.00 bits per heavy atom. The molecule has 1 aliphatic heterocycles. The van der Waals surface area contributed by atoms with Gasteiger partial charge in [0.15, 0.2) is 0 Å². The Hall–Kier alpha value is -1.84. The van der Waals surface area contributed by atoms with Gasteiger partial charge in [0.25, 0.3) is 0 Å². The molecule has 0 saturated carbocycles. The third kappa shape index (κ3) is 4.59. The molecule has 24 heavy (non-hydrogen) atoms. The van der Waals surface area contributed by atoms with Gasteiger partial charge < -0.3 is 10.4 Å². The Morgan fingerprint density at radius 2 is 1.75 bits per heavy atom. The molecule has 0 spiro atoms. The van der Waals surface area contributed by atoms with Crippen molar-refractivity contribution in [3.05, 3.63) is 65.2 Å². The molecule has 2 aromatic rings. The smallest absolute Gasteiger partial charge is 0.0681 e. The zero-order valence-corrected chi connectivity index (χ0v) is 14.5.